The summed E-state index contributed by atoms with van der Waals surface area (Å²) in [6, 6.07) is 21.4. The van der Waals surface area contributed by atoms with Crippen LogP contribution in [0, 0.1) is 0 Å². The summed E-state index contributed by atoms with van der Waals surface area (Å²) in [5, 5.41) is 0. The first-order valence-corrected chi connectivity index (χ1v) is 10.6. The van der Waals surface area contributed by atoms with Crippen molar-refractivity contribution in [3.8, 4) is 0 Å². The third-order valence-corrected chi connectivity index (χ3v) is 5.42. The molecule has 0 fully saturated rings. The maximum Gasteiger partial charge on any atom is 0.338 e. The van der Waals surface area contributed by atoms with Crippen LogP contribution in [0.2, 0.25) is 0 Å². The molecule has 5 heteroatoms. The number of hydrogen-bond acceptors (Lipinski definition) is 4. The van der Waals surface area contributed by atoms with Gasteiger partial charge in [-0.15, -0.1) is 0 Å². The summed E-state index contributed by atoms with van der Waals surface area (Å²) < 4.78 is 5.01. The molecule has 0 saturated heterocycles. The van der Waals surface area contributed by atoms with Crippen molar-refractivity contribution < 1.29 is 19.1 Å². The van der Waals surface area contributed by atoms with Crippen LogP contribution in [0.15, 0.2) is 72.8 Å². The van der Waals surface area contributed by atoms with Gasteiger partial charge in [0, 0.05) is 11.1 Å². The second-order valence-electron chi connectivity index (χ2n) is 7.41. The Kier molecular flexibility index (Phi) is 5.99. The average molecular weight is 425 g/mol. The first-order valence-electron chi connectivity index (χ1n) is 10.6. The first-order chi connectivity index (χ1) is 15.5. The maximum absolute atomic E-state index is 13.5. The molecule has 1 aliphatic rings. The fourth-order valence-corrected chi connectivity index (χ4v) is 3.70. The average Bonchev–Trinajstić information content (AvgIpc) is 2.83. The van der Waals surface area contributed by atoms with Crippen LogP contribution in [0.3, 0.4) is 0 Å². The summed E-state index contributed by atoms with van der Waals surface area (Å²) in [5.74, 6) is -1.25. The number of nitrogens with zero attached hydrogens (tertiary/aromatic N) is 1. The lowest BCUT2D eigenvalue weighted by atomic mass is 9.91. The van der Waals surface area contributed by atoms with Gasteiger partial charge >= 0.3 is 5.97 Å². The van der Waals surface area contributed by atoms with E-state index in [-0.39, 0.29) is 6.61 Å². The Labute approximate surface area is 186 Å². The van der Waals surface area contributed by atoms with Crippen LogP contribution in [0.1, 0.15) is 51.3 Å². The minimum absolute atomic E-state index is 0.272. The van der Waals surface area contributed by atoms with Crippen molar-refractivity contribution in [1.82, 2.24) is 0 Å². The predicted molar refractivity (Wildman–Crippen MR) is 124 cm³/mol. The van der Waals surface area contributed by atoms with Gasteiger partial charge in [0.15, 0.2) is 0 Å². The minimum Gasteiger partial charge on any atom is -0.462 e. The summed E-state index contributed by atoms with van der Waals surface area (Å²) in [4.78, 5) is 39.8. The predicted octanol–water partition coefficient (Wildman–Crippen LogP) is 5.15. The molecule has 3 aromatic carbocycles. The molecular weight excluding hydrogens is 402 g/mol. The van der Waals surface area contributed by atoms with Gasteiger partial charge in [-0.2, -0.15) is 0 Å². The zero-order chi connectivity index (χ0) is 22.7. The third-order valence-electron chi connectivity index (χ3n) is 5.42. The standard InChI is InChI=1S/C27H23NO4/c1-3-18-9-11-19(12-10-18)17-24-22-7-5-6-8-23(22)25(29)28(26(24)30)21-15-13-20(14-16-21)27(31)32-4-2/h5-17H,3-4H2,1-2H3/b24-17-. The zero-order valence-electron chi connectivity index (χ0n) is 18.0. The van der Waals surface area contributed by atoms with E-state index in [1.807, 2.05) is 36.4 Å². The molecule has 0 unspecified atom stereocenters. The molecule has 0 saturated carbocycles. The van der Waals surface area contributed by atoms with E-state index in [9.17, 15) is 14.4 Å². The van der Waals surface area contributed by atoms with Gasteiger partial charge in [-0.1, -0.05) is 49.4 Å². The molecule has 1 aliphatic heterocycles. The number of fused-ring (bicyclic) bond motifs is 1. The van der Waals surface area contributed by atoms with Crippen LogP contribution in [0.4, 0.5) is 5.69 Å². The number of esters is 1. The van der Waals surface area contributed by atoms with Crippen molar-refractivity contribution in [2.75, 3.05) is 11.5 Å². The fourth-order valence-electron chi connectivity index (χ4n) is 3.70. The highest BCUT2D eigenvalue weighted by atomic mass is 16.5. The van der Waals surface area contributed by atoms with Crippen LogP contribution < -0.4 is 4.90 Å². The van der Waals surface area contributed by atoms with Crippen molar-refractivity contribution >= 4 is 35.1 Å². The first kappa shape index (κ1) is 21.2. The quantitative estimate of drug-likeness (QED) is 0.322. The van der Waals surface area contributed by atoms with Crippen LogP contribution >= 0.6 is 0 Å². The number of anilines is 1. The molecular formula is C27H23NO4. The van der Waals surface area contributed by atoms with Crippen molar-refractivity contribution in [3.63, 3.8) is 0 Å². The van der Waals surface area contributed by atoms with Crippen LogP contribution in [0.25, 0.3) is 11.6 Å². The highest BCUT2D eigenvalue weighted by molar-refractivity contribution is 6.43. The largest absolute Gasteiger partial charge is 0.462 e. The molecule has 0 aromatic heterocycles. The minimum atomic E-state index is -0.447. The smallest absolute Gasteiger partial charge is 0.338 e. The zero-order valence-corrected chi connectivity index (χ0v) is 18.0. The SMILES string of the molecule is CCOC(=O)c1ccc(N2C(=O)/C(=C\c3ccc(CC)cc3)c3ccccc3C2=O)cc1. The summed E-state index contributed by atoms with van der Waals surface area (Å²) in [6.45, 7) is 4.09. The number of hydrogen-bond donors (Lipinski definition) is 0. The Morgan fingerprint density at radius 3 is 2.12 bits per heavy atom. The summed E-state index contributed by atoms with van der Waals surface area (Å²) >= 11 is 0. The molecule has 4 rings (SSSR count). The Hall–Kier alpha value is -3.99. The molecule has 0 spiro atoms. The monoisotopic (exact) mass is 425 g/mol. The summed E-state index contributed by atoms with van der Waals surface area (Å²) in [7, 11) is 0. The topological polar surface area (TPSA) is 63.7 Å². The second-order valence-corrected chi connectivity index (χ2v) is 7.41. The number of imide groups is 1. The van der Waals surface area contributed by atoms with Gasteiger partial charge < -0.3 is 4.74 Å². The van der Waals surface area contributed by atoms with Gasteiger partial charge in [0.2, 0.25) is 0 Å². The summed E-state index contributed by atoms with van der Waals surface area (Å²) in [6.07, 6.45) is 2.75. The molecule has 5 nitrogen and oxygen atoms in total. The van der Waals surface area contributed by atoms with Crippen LogP contribution in [-0.4, -0.2) is 24.4 Å². The van der Waals surface area contributed by atoms with Crippen molar-refractivity contribution in [1.29, 1.82) is 0 Å². The maximum atomic E-state index is 13.5. The Bertz CT molecular complexity index is 1210. The molecule has 3 aromatic rings. The molecule has 0 aliphatic carbocycles. The summed E-state index contributed by atoms with van der Waals surface area (Å²) in [5.41, 5.74) is 4.36. The van der Waals surface area contributed by atoms with Crippen molar-refractivity contribution in [2.24, 2.45) is 0 Å². The Balaban J connectivity index is 1.76. The highest BCUT2D eigenvalue weighted by Crippen LogP contribution is 2.33. The second kappa shape index (κ2) is 9.02. The Morgan fingerprint density at radius 2 is 1.50 bits per heavy atom. The van der Waals surface area contributed by atoms with Gasteiger partial charge in [0.25, 0.3) is 11.8 Å². The lowest BCUT2D eigenvalue weighted by Crippen LogP contribution is -2.41. The van der Waals surface area contributed by atoms with Crippen LogP contribution in [0.5, 0.6) is 0 Å². The number of aryl methyl sites for hydroxylation is 1. The van der Waals surface area contributed by atoms with E-state index in [1.54, 1.807) is 49.4 Å². The molecule has 0 bridgehead atoms. The van der Waals surface area contributed by atoms with E-state index in [0.29, 0.717) is 28.0 Å². The van der Waals surface area contributed by atoms with Gasteiger partial charge in [0.05, 0.1) is 17.9 Å². The van der Waals surface area contributed by atoms with Gasteiger partial charge in [-0.25, -0.2) is 9.69 Å². The molecule has 0 N–H and O–H groups in total. The lowest BCUT2D eigenvalue weighted by molar-refractivity contribution is -0.112. The van der Waals surface area contributed by atoms with Crippen LogP contribution in [-0.2, 0) is 16.0 Å². The van der Waals surface area contributed by atoms with E-state index in [0.717, 1.165) is 16.9 Å². The number of benzene rings is 3. The van der Waals surface area contributed by atoms with E-state index < -0.39 is 17.8 Å². The lowest BCUT2D eigenvalue weighted by Gasteiger charge is -2.28. The molecule has 0 atom stereocenters. The number of ether oxygens (including phenoxy) is 1. The molecule has 2 amide bonds. The molecule has 32 heavy (non-hydrogen) atoms. The molecule has 0 radical (unpaired) electrons. The Morgan fingerprint density at radius 1 is 0.844 bits per heavy atom. The normalized spacial score (nSPS) is 14.4. The van der Waals surface area contributed by atoms with E-state index in [4.69, 9.17) is 4.74 Å². The van der Waals surface area contributed by atoms with Gasteiger partial charge in [0.1, 0.15) is 0 Å². The van der Waals surface area contributed by atoms with Crippen molar-refractivity contribution in [3.05, 3.63) is 101 Å². The van der Waals surface area contributed by atoms with Crippen molar-refractivity contribution in [2.45, 2.75) is 20.3 Å². The fraction of sp³-hybridized carbons (Fsp3) is 0.148. The third kappa shape index (κ3) is 3.97. The van der Waals surface area contributed by atoms with E-state index in [2.05, 4.69) is 6.92 Å². The van der Waals surface area contributed by atoms with Gasteiger partial charge in [-0.3, -0.25) is 9.59 Å². The van der Waals surface area contributed by atoms with E-state index in [1.165, 1.54) is 5.56 Å². The molecule has 1 heterocycles. The number of amides is 2. The van der Waals surface area contributed by atoms with E-state index >= 15 is 0 Å². The number of rotatable bonds is 5. The molecule has 160 valence electrons. The number of carbonyl (C=O) groups excluding carboxylic acids is 3. The van der Waals surface area contributed by atoms with Gasteiger partial charge in [-0.05, 0) is 66.4 Å². The highest BCUT2D eigenvalue weighted by Gasteiger charge is 2.35. The number of carbonyl (C=O) groups is 3.